The molecule has 0 atom stereocenters. The summed E-state index contributed by atoms with van der Waals surface area (Å²) < 4.78 is 0. The maximum absolute atomic E-state index is 11.1. The lowest BCUT2D eigenvalue weighted by atomic mass is 10.2. The highest BCUT2D eigenvalue weighted by Gasteiger charge is 2.10. The van der Waals surface area contributed by atoms with Crippen LogP contribution in [0.5, 0.6) is 0 Å². The third-order valence-corrected chi connectivity index (χ3v) is 2.75. The number of nitrogens with zero attached hydrogens (tertiary/aromatic N) is 3. The second kappa shape index (κ2) is 6.35. The van der Waals surface area contributed by atoms with Crippen LogP contribution in [0.15, 0.2) is 12.1 Å². The van der Waals surface area contributed by atoms with E-state index in [9.17, 15) is 4.79 Å². The molecule has 0 spiro atoms. The molecule has 0 unspecified atom stereocenters. The number of likely N-dealkylation sites (N-methyl/N-ethyl adjacent to an activating group) is 2. The van der Waals surface area contributed by atoms with Gasteiger partial charge in [-0.05, 0) is 32.6 Å². The number of carbonyl (C=O) groups is 1. The fraction of sp³-hybridized carbons (Fsp3) is 0.538. The van der Waals surface area contributed by atoms with Crippen molar-refractivity contribution in [2.75, 3.05) is 39.1 Å². The summed E-state index contributed by atoms with van der Waals surface area (Å²) in [5.41, 5.74) is 1.11. The van der Waals surface area contributed by atoms with E-state index >= 15 is 0 Å². The summed E-state index contributed by atoms with van der Waals surface area (Å²) in [6.45, 7) is 3.68. The van der Waals surface area contributed by atoms with Crippen molar-refractivity contribution in [3.8, 4) is 0 Å². The van der Waals surface area contributed by atoms with Gasteiger partial charge in [0.05, 0.1) is 5.56 Å². The minimum atomic E-state index is -0.908. The molecule has 1 rings (SSSR count). The molecule has 0 aliphatic heterocycles. The summed E-state index contributed by atoms with van der Waals surface area (Å²) in [6, 6.07) is 3.25. The van der Waals surface area contributed by atoms with E-state index in [1.807, 2.05) is 33.0 Å². The van der Waals surface area contributed by atoms with Crippen LogP contribution in [0.3, 0.4) is 0 Å². The lowest BCUT2D eigenvalue weighted by molar-refractivity contribution is 0.0696. The molecule has 0 radical (unpaired) electrons. The highest BCUT2D eigenvalue weighted by atomic mass is 16.4. The first-order chi connectivity index (χ1) is 8.43. The van der Waals surface area contributed by atoms with Gasteiger partial charge in [0.1, 0.15) is 5.82 Å². The molecule has 1 N–H and O–H groups in total. The van der Waals surface area contributed by atoms with Crippen molar-refractivity contribution in [2.24, 2.45) is 0 Å². The molecule has 5 nitrogen and oxygen atoms in total. The first-order valence-electron chi connectivity index (χ1n) is 6.04. The number of carboxylic acids is 1. The summed E-state index contributed by atoms with van der Waals surface area (Å²) in [6.07, 6.45) is 0.732. The van der Waals surface area contributed by atoms with E-state index < -0.39 is 5.97 Å². The number of aromatic nitrogens is 1. The summed E-state index contributed by atoms with van der Waals surface area (Å²) >= 11 is 0. The third kappa shape index (κ3) is 4.00. The van der Waals surface area contributed by atoms with Gasteiger partial charge < -0.3 is 14.9 Å². The van der Waals surface area contributed by atoms with Gasteiger partial charge in [0.15, 0.2) is 0 Å². The minimum Gasteiger partial charge on any atom is -0.478 e. The lowest BCUT2D eigenvalue weighted by Gasteiger charge is -2.21. The van der Waals surface area contributed by atoms with Crippen LogP contribution >= 0.6 is 0 Å². The van der Waals surface area contributed by atoms with Crippen molar-refractivity contribution in [1.82, 2.24) is 9.88 Å². The Hall–Kier alpha value is -1.62. The zero-order valence-electron chi connectivity index (χ0n) is 11.5. The summed E-state index contributed by atoms with van der Waals surface area (Å²) in [4.78, 5) is 19.6. The van der Waals surface area contributed by atoms with Gasteiger partial charge in [-0.1, -0.05) is 6.92 Å². The highest BCUT2D eigenvalue weighted by Crippen LogP contribution is 2.14. The standard InChI is InChI=1S/C13H21N3O2/c1-5-11-8-10(13(17)18)9-12(14-11)16(4)7-6-15(2)3/h8-9H,5-7H2,1-4H3,(H,17,18). The Morgan fingerprint density at radius 1 is 1.28 bits per heavy atom. The van der Waals surface area contributed by atoms with Gasteiger partial charge in [0, 0.05) is 25.8 Å². The number of hydrogen-bond donors (Lipinski definition) is 1. The molecule has 0 aromatic carbocycles. The summed E-state index contributed by atoms with van der Waals surface area (Å²) in [7, 11) is 5.94. The van der Waals surface area contributed by atoms with Gasteiger partial charge in [0.2, 0.25) is 0 Å². The molecular formula is C13H21N3O2. The Morgan fingerprint density at radius 2 is 1.94 bits per heavy atom. The van der Waals surface area contributed by atoms with Crippen LogP contribution in [0.1, 0.15) is 23.0 Å². The average Bonchev–Trinajstić information content (AvgIpc) is 2.35. The molecule has 0 saturated carbocycles. The highest BCUT2D eigenvalue weighted by molar-refractivity contribution is 5.88. The van der Waals surface area contributed by atoms with Crippen LogP contribution in [0.4, 0.5) is 5.82 Å². The monoisotopic (exact) mass is 251 g/mol. The second-order valence-corrected chi connectivity index (χ2v) is 4.59. The van der Waals surface area contributed by atoms with Gasteiger partial charge in [-0.25, -0.2) is 9.78 Å². The van der Waals surface area contributed by atoms with E-state index in [-0.39, 0.29) is 0 Å². The predicted molar refractivity (Wildman–Crippen MR) is 72.4 cm³/mol. The maximum atomic E-state index is 11.1. The molecule has 18 heavy (non-hydrogen) atoms. The number of hydrogen-bond acceptors (Lipinski definition) is 4. The quantitative estimate of drug-likeness (QED) is 0.827. The number of aromatic carboxylic acids is 1. The molecule has 0 amide bonds. The van der Waals surface area contributed by atoms with Crippen molar-refractivity contribution < 1.29 is 9.90 Å². The van der Waals surface area contributed by atoms with E-state index in [4.69, 9.17) is 5.11 Å². The number of pyridine rings is 1. The SMILES string of the molecule is CCc1cc(C(=O)O)cc(N(C)CCN(C)C)n1. The molecule has 1 aromatic heterocycles. The van der Waals surface area contributed by atoms with E-state index in [0.29, 0.717) is 11.4 Å². The minimum absolute atomic E-state index is 0.300. The largest absolute Gasteiger partial charge is 0.478 e. The van der Waals surface area contributed by atoms with Crippen molar-refractivity contribution in [3.05, 3.63) is 23.4 Å². The first-order valence-corrected chi connectivity index (χ1v) is 6.04. The predicted octanol–water partition coefficient (Wildman–Crippen LogP) is 1.34. The molecule has 1 aromatic rings. The van der Waals surface area contributed by atoms with Gasteiger partial charge in [-0.3, -0.25) is 0 Å². The zero-order chi connectivity index (χ0) is 13.7. The van der Waals surface area contributed by atoms with Gasteiger partial charge in [0.25, 0.3) is 0 Å². The van der Waals surface area contributed by atoms with E-state index in [0.717, 1.165) is 25.2 Å². The second-order valence-electron chi connectivity index (χ2n) is 4.59. The first kappa shape index (κ1) is 14.4. The normalized spacial score (nSPS) is 10.7. The molecule has 0 aliphatic carbocycles. The van der Waals surface area contributed by atoms with E-state index in [2.05, 4.69) is 9.88 Å². The Balaban J connectivity index is 2.93. The van der Waals surface area contributed by atoms with Crippen LogP contribution in [0, 0.1) is 0 Å². The topological polar surface area (TPSA) is 56.7 Å². The van der Waals surface area contributed by atoms with Gasteiger partial charge in [-0.15, -0.1) is 0 Å². The van der Waals surface area contributed by atoms with Gasteiger partial charge in [-0.2, -0.15) is 0 Å². The fourth-order valence-corrected chi connectivity index (χ4v) is 1.54. The fourth-order valence-electron chi connectivity index (χ4n) is 1.54. The zero-order valence-corrected chi connectivity index (χ0v) is 11.5. The van der Waals surface area contributed by atoms with Crippen molar-refractivity contribution >= 4 is 11.8 Å². The molecule has 0 aliphatic rings. The molecular weight excluding hydrogens is 230 g/mol. The van der Waals surface area contributed by atoms with Crippen molar-refractivity contribution in [2.45, 2.75) is 13.3 Å². The van der Waals surface area contributed by atoms with Crippen molar-refractivity contribution in [1.29, 1.82) is 0 Å². The molecule has 1 heterocycles. The van der Waals surface area contributed by atoms with Crippen LogP contribution in [0.25, 0.3) is 0 Å². The van der Waals surface area contributed by atoms with E-state index in [1.165, 1.54) is 0 Å². The number of anilines is 1. The Kier molecular flexibility index (Phi) is 5.09. The van der Waals surface area contributed by atoms with Crippen LogP contribution in [-0.4, -0.2) is 55.2 Å². The van der Waals surface area contributed by atoms with E-state index in [1.54, 1.807) is 12.1 Å². The Bertz CT molecular complexity index is 419. The van der Waals surface area contributed by atoms with Crippen LogP contribution < -0.4 is 4.90 Å². The molecule has 0 bridgehead atoms. The number of rotatable bonds is 6. The molecule has 0 fully saturated rings. The number of carboxylic acid groups (broad SMARTS) is 1. The average molecular weight is 251 g/mol. The van der Waals surface area contributed by atoms with Gasteiger partial charge >= 0.3 is 5.97 Å². The lowest BCUT2D eigenvalue weighted by Crippen LogP contribution is -2.29. The third-order valence-electron chi connectivity index (χ3n) is 2.75. The molecule has 5 heteroatoms. The molecule has 100 valence electrons. The van der Waals surface area contributed by atoms with Crippen molar-refractivity contribution in [3.63, 3.8) is 0 Å². The van der Waals surface area contributed by atoms with Crippen LogP contribution in [0.2, 0.25) is 0 Å². The summed E-state index contributed by atoms with van der Waals surface area (Å²) in [5.74, 6) is -0.192. The summed E-state index contributed by atoms with van der Waals surface area (Å²) in [5, 5.41) is 9.07. The maximum Gasteiger partial charge on any atom is 0.335 e. The molecule has 0 saturated heterocycles. The Morgan fingerprint density at radius 3 is 2.44 bits per heavy atom. The number of aryl methyl sites for hydroxylation is 1. The van der Waals surface area contributed by atoms with Crippen LogP contribution in [-0.2, 0) is 6.42 Å². The smallest absolute Gasteiger partial charge is 0.335 e. The Labute approximate surface area is 108 Å².